The number of anilines is 2. The van der Waals surface area contributed by atoms with Crippen molar-refractivity contribution in [3.8, 4) is 0 Å². The quantitative estimate of drug-likeness (QED) is 0.829. The summed E-state index contributed by atoms with van der Waals surface area (Å²) < 4.78 is 26.5. The fraction of sp³-hybridized carbons (Fsp3) is 0.200. The summed E-state index contributed by atoms with van der Waals surface area (Å²) in [7, 11) is -3.71. The molecular formula is C10H12N4O2S2. The summed E-state index contributed by atoms with van der Waals surface area (Å²) in [5, 5.41) is 8.63. The molecule has 0 unspecified atom stereocenters. The van der Waals surface area contributed by atoms with Crippen molar-refractivity contribution in [2.24, 2.45) is 0 Å². The summed E-state index contributed by atoms with van der Waals surface area (Å²) in [6, 6.07) is 6.27. The second-order valence-electron chi connectivity index (χ2n) is 3.50. The van der Waals surface area contributed by atoms with Crippen LogP contribution < -0.4 is 10.5 Å². The molecule has 3 N–H and O–H groups in total. The van der Waals surface area contributed by atoms with E-state index in [1.807, 2.05) is 6.92 Å². The highest BCUT2D eigenvalue weighted by atomic mass is 32.2. The van der Waals surface area contributed by atoms with Crippen molar-refractivity contribution in [1.82, 2.24) is 10.2 Å². The molecule has 1 heterocycles. The Labute approximate surface area is 109 Å². The predicted molar refractivity (Wildman–Crippen MR) is 70.9 cm³/mol. The molecule has 0 saturated heterocycles. The maximum absolute atomic E-state index is 12.1. The summed E-state index contributed by atoms with van der Waals surface area (Å²) in [6.45, 7) is 1.92. The third-order valence-electron chi connectivity index (χ3n) is 2.20. The van der Waals surface area contributed by atoms with Gasteiger partial charge in [0.2, 0.25) is 5.13 Å². The van der Waals surface area contributed by atoms with Crippen molar-refractivity contribution >= 4 is 32.2 Å². The molecule has 2 aromatic rings. The molecule has 1 aromatic carbocycles. The lowest BCUT2D eigenvalue weighted by atomic mass is 10.3. The van der Waals surface area contributed by atoms with E-state index in [1.54, 1.807) is 12.1 Å². The fourth-order valence-corrected chi connectivity index (χ4v) is 3.38. The van der Waals surface area contributed by atoms with Crippen molar-refractivity contribution in [3.63, 3.8) is 0 Å². The summed E-state index contributed by atoms with van der Waals surface area (Å²) in [5.74, 6) is 0. The molecule has 0 spiro atoms. The minimum Gasteiger partial charge on any atom is -0.398 e. The Hall–Kier alpha value is -1.67. The van der Waals surface area contributed by atoms with Gasteiger partial charge in [0.25, 0.3) is 10.0 Å². The molecule has 1 aromatic heterocycles. The van der Waals surface area contributed by atoms with E-state index in [-0.39, 0.29) is 15.7 Å². The third kappa shape index (κ3) is 2.59. The van der Waals surface area contributed by atoms with Crippen molar-refractivity contribution < 1.29 is 8.42 Å². The van der Waals surface area contributed by atoms with Gasteiger partial charge in [0, 0.05) is 0 Å². The molecule has 0 saturated carbocycles. The van der Waals surface area contributed by atoms with Crippen LogP contribution in [0.1, 0.15) is 11.9 Å². The molecule has 2 rings (SSSR count). The van der Waals surface area contributed by atoms with Gasteiger partial charge in [0.1, 0.15) is 9.90 Å². The summed E-state index contributed by atoms with van der Waals surface area (Å²) in [5.41, 5.74) is 5.84. The van der Waals surface area contributed by atoms with Gasteiger partial charge in [0.15, 0.2) is 0 Å². The van der Waals surface area contributed by atoms with Crippen molar-refractivity contribution in [2.75, 3.05) is 10.5 Å². The molecule has 0 bridgehead atoms. The first kappa shape index (κ1) is 12.8. The monoisotopic (exact) mass is 284 g/mol. The minimum absolute atomic E-state index is 0.0400. The number of nitrogen functional groups attached to an aromatic ring is 1. The molecule has 0 amide bonds. The molecule has 18 heavy (non-hydrogen) atoms. The van der Waals surface area contributed by atoms with Gasteiger partial charge in [-0.3, -0.25) is 4.72 Å². The van der Waals surface area contributed by atoms with E-state index in [9.17, 15) is 8.42 Å². The molecule has 0 fully saturated rings. The molecule has 0 radical (unpaired) electrons. The lowest BCUT2D eigenvalue weighted by Gasteiger charge is -2.06. The second-order valence-corrected chi connectivity index (χ2v) is 6.21. The summed E-state index contributed by atoms with van der Waals surface area (Å²) in [6.07, 6.45) is 0.715. The zero-order chi connectivity index (χ0) is 13.2. The maximum atomic E-state index is 12.1. The molecule has 0 aliphatic rings. The summed E-state index contributed by atoms with van der Waals surface area (Å²) >= 11 is 1.21. The van der Waals surface area contributed by atoms with Crippen LogP contribution in [0.5, 0.6) is 0 Å². The largest absolute Gasteiger partial charge is 0.398 e. The van der Waals surface area contributed by atoms with E-state index in [0.29, 0.717) is 6.42 Å². The van der Waals surface area contributed by atoms with Crippen LogP contribution in [0.4, 0.5) is 10.8 Å². The van der Waals surface area contributed by atoms with Crippen molar-refractivity contribution in [3.05, 3.63) is 29.3 Å². The Balaban J connectivity index is 2.30. The molecular weight excluding hydrogens is 272 g/mol. The van der Waals surface area contributed by atoms with Gasteiger partial charge in [-0.1, -0.05) is 30.4 Å². The van der Waals surface area contributed by atoms with Crippen LogP contribution in [-0.2, 0) is 16.4 Å². The molecule has 6 nitrogen and oxygen atoms in total. The van der Waals surface area contributed by atoms with Gasteiger partial charge in [-0.2, -0.15) is 0 Å². The Morgan fingerprint density at radius 1 is 1.33 bits per heavy atom. The molecule has 0 aliphatic heterocycles. The lowest BCUT2D eigenvalue weighted by Crippen LogP contribution is -2.14. The zero-order valence-corrected chi connectivity index (χ0v) is 11.3. The number of rotatable bonds is 4. The first-order valence-electron chi connectivity index (χ1n) is 5.22. The van der Waals surface area contributed by atoms with Gasteiger partial charge in [-0.15, -0.1) is 10.2 Å². The van der Waals surface area contributed by atoms with Gasteiger partial charge < -0.3 is 5.73 Å². The SMILES string of the molecule is CCc1nnc(NS(=O)(=O)c2ccccc2N)s1. The average molecular weight is 284 g/mol. The first-order valence-corrected chi connectivity index (χ1v) is 7.52. The van der Waals surface area contributed by atoms with Gasteiger partial charge in [0.05, 0.1) is 5.69 Å². The van der Waals surface area contributed by atoms with E-state index in [1.165, 1.54) is 23.5 Å². The van der Waals surface area contributed by atoms with Gasteiger partial charge in [-0.25, -0.2) is 8.42 Å². The van der Waals surface area contributed by atoms with Crippen LogP contribution in [0.2, 0.25) is 0 Å². The number of nitrogens with zero attached hydrogens (tertiary/aromatic N) is 2. The number of para-hydroxylation sites is 1. The number of sulfonamides is 1. The Bertz CT molecular complexity index is 651. The van der Waals surface area contributed by atoms with Crippen LogP contribution in [0.3, 0.4) is 0 Å². The van der Waals surface area contributed by atoms with Crippen LogP contribution in [0, 0.1) is 0 Å². The highest BCUT2D eigenvalue weighted by Gasteiger charge is 2.18. The van der Waals surface area contributed by atoms with E-state index in [4.69, 9.17) is 5.73 Å². The van der Waals surface area contributed by atoms with Crippen molar-refractivity contribution in [1.29, 1.82) is 0 Å². The Kier molecular flexibility index (Phi) is 3.48. The van der Waals surface area contributed by atoms with E-state index in [2.05, 4.69) is 14.9 Å². The molecule has 0 atom stereocenters. The van der Waals surface area contributed by atoms with Crippen molar-refractivity contribution in [2.45, 2.75) is 18.2 Å². The topological polar surface area (TPSA) is 98.0 Å². The maximum Gasteiger partial charge on any atom is 0.265 e. The van der Waals surface area contributed by atoms with Crippen LogP contribution >= 0.6 is 11.3 Å². The highest BCUT2D eigenvalue weighted by Crippen LogP contribution is 2.23. The molecule has 0 aliphatic carbocycles. The average Bonchev–Trinajstić information content (AvgIpc) is 2.76. The number of hydrogen-bond donors (Lipinski definition) is 2. The van der Waals surface area contributed by atoms with Crippen LogP contribution in [0.15, 0.2) is 29.2 Å². The lowest BCUT2D eigenvalue weighted by molar-refractivity contribution is 0.601. The summed E-state index contributed by atoms with van der Waals surface area (Å²) in [4.78, 5) is 0.0400. The second kappa shape index (κ2) is 4.91. The van der Waals surface area contributed by atoms with Gasteiger partial charge >= 0.3 is 0 Å². The highest BCUT2D eigenvalue weighted by molar-refractivity contribution is 7.93. The number of nitrogens with two attached hydrogens (primary N) is 1. The number of aryl methyl sites for hydroxylation is 1. The zero-order valence-electron chi connectivity index (χ0n) is 9.62. The molecule has 96 valence electrons. The fourth-order valence-electron chi connectivity index (χ4n) is 1.33. The molecule has 8 heteroatoms. The van der Waals surface area contributed by atoms with E-state index >= 15 is 0 Å². The Morgan fingerprint density at radius 2 is 2.06 bits per heavy atom. The number of hydrogen-bond acceptors (Lipinski definition) is 6. The van der Waals surface area contributed by atoms with Crippen LogP contribution in [0.25, 0.3) is 0 Å². The van der Waals surface area contributed by atoms with Gasteiger partial charge in [-0.05, 0) is 18.6 Å². The normalized spacial score (nSPS) is 11.4. The number of benzene rings is 1. The first-order chi connectivity index (χ1) is 8.53. The number of nitrogens with one attached hydrogen (secondary N) is 1. The van der Waals surface area contributed by atoms with Crippen LogP contribution in [-0.4, -0.2) is 18.6 Å². The van der Waals surface area contributed by atoms with E-state index < -0.39 is 10.0 Å². The minimum atomic E-state index is -3.71. The third-order valence-corrected chi connectivity index (χ3v) is 4.72. The Morgan fingerprint density at radius 3 is 2.67 bits per heavy atom. The number of aromatic nitrogens is 2. The standard InChI is InChI=1S/C10H12N4O2S2/c1-2-9-12-13-10(17-9)14-18(15,16)8-6-4-3-5-7(8)11/h3-6H,2,11H2,1H3,(H,13,14). The smallest absolute Gasteiger partial charge is 0.265 e. The van der Waals surface area contributed by atoms with E-state index in [0.717, 1.165) is 5.01 Å². The predicted octanol–water partition coefficient (Wildman–Crippen LogP) is 1.48.